The summed E-state index contributed by atoms with van der Waals surface area (Å²) < 4.78 is 2.14. The Balaban J connectivity index is 1.69. The SMILES string of the molecule is Cc1ccc(C)n1-c1ccc(C(=O)NN=Cc2ccncc2)cc1. The highest BCUT2D eigenvalue weighted by atomic mass is 16.2. The van der Waals surface area contributed by atoms with E-state index in [0.29, 0.717) is 5.56 Å². The highest BCUT2D eigenvalue weighted by molar-refractivity contribution is 5.95. The fourth-order valence-corrected chi connectivity index (χ4v) is 2.52. The molecule has 120 valence electrons. The van der Waals surface area contributed by atoms with Crippen LogP contribution in [0.2, 0.25) is 0 Å². The number of aromatic nitrogens is 2. The van der Waals surface area contributed by atoms with E-state index in [1.807, 2.05) is 24.3 Å². The molecule has 0 atom stereocenters. The number of carbonyl (C=O) groups is 1. The Morgan fingerprint density at radius 2 is 1.62 bits per heavy atom. The van der Waals surface area contributed by atoms with Crippen LogP contribution in [0.5, 0.6) is 0 Å². The molecule has 3 aromatic rings. The van der Waals surface area contributed by atoms with Crippen molar-refractivity contribution in [2.75, 3.05) is 0 Å². The molecule has 2 heterocycles. The molecule has 0 aliphatic rings. The zero-order valence-corrected chi connectivity index (χ0v) is 13.6. The molecule has 0 aliphatic carbocycles. The van der Waals surface area contributed by atoms with Crippen LogP contribution in [0.1, 0.15) is 27.3 Å². The zero-order valence-electron chi connectivity index (χ0n) is 13.6. The molecule has 0 fully saturated rings. The van der Waals surface area contributed by atoms with Crippen molar-refractivity contribution in [2.45, 2.75) is 13.8 Å². The number of carbonyl (C=O) groups excluding carboxylic acids is 1. The predicted octanol–water partition coefficient (Wildman–Crippen LogP) is 3.25. The van der Waals surface area contributed by atoms with Crippen LogP contribution in [-0.4, -0.2) is 21.7 Å². The molecule has 0 unspecified atom stereocenters. The summed E-state index contributed by atoms with van der Waals surface area (Å²) in [7, 11) is 0. The molecule has 5 nitrogen and oxygen atoms in total. The van der Waals surface area contributed by atoms with E-state index in [9.17, 15) is 4.79 Å². The average Bonchev–Trinajstić information content (AvgIpc) is 2.94. The lowest BCUT2D eigenvalue weighted by molar-refractivity contribution is 0.0955. The lowest BCUT2D eigenvalue weighted by atomic mass is 10.2. The van der Waals surface area contributed by atoms with Gasteiger partial charge < -0.3 is 4.57 Å². The lowest BCUT2D eigenvalue weighted by Crippen LogP contribution is -2.17. The third-order valence-corrected chi connectivity index (χ3v) is 3.74. The number of amides is 1. The number of aryl methyl sites for hydroxylation is 2. The molecule has 1 aromatic carbocycles. The first-order chi connectivity index (χ1) is 11.6. The second-order valence-electron chi connectivity index (χ2n) is 5.48. The van der Waals surface area contributed by atoms with Gasteiger partial charge in [-0.2, -0.15) is 5.10 Å². The van der Waals surface area contributed by atoms with Crippen LogP contribution in [0.4, 0.5) is 0 Å². The Labute approximate surface area is 140 Å². The topological polar surface area (TPSA) is 59.3 Å². The zero-order chi connectivity index (χ0) is 16.9. The highest BCUT2D eigenvalue weighted by Gasteiger charge is 2.07. The Bertz CT molecular complexity index is 845. The molecule has 0 aliphatic heterocycles. The number of rotatable bonds is 4. The summed E-state index contributed by atoms with van der Waals surface area (Å²) in [5, 5.41) is 3.96. The number of benzene rings is 1. The predicted molar refractivity (Wildman–Crippen MR) is 94.5 cm³/mol. The normalized spacial score (nSPS) is 10.9. The van der Waals surface area contributed by atoms with E-state index >= 15 is 0 Å². The molecule has 0 bridgehead atoms. The first-order valence-electron chi connectivity index (χ1n) is 7.64. The Kier molecular flexibility index (Phi) is 4.52. The first-order valence-corrected chi connectivity index (χ1v) is 7.64. The van der Waals surface area contributed by atoms with Crippen LogP contribution in [0.3, 0.4) is 0 Å². The molecule has 5 heteroatoms. The standard InChI is InChI=1S/C19H18N4O/c1-14-3-4-15(2)23(14)18-7-5-17(6-8-18)19(24)22-21-13-16-9-11-20-12-10-16/h3-13H,1-2H3,(H,22,24). The molecule has 1 N–H and O–H groups in total. The van der Waals surface area contributed by atoms with Gasteiger partial charge in [-0.1, -0.05) is 0 Å². The molecule has 3 rings (SSSR count). The van der Waals surface area contributed by atoms with Gasteiger partial charge in [0.05, 0.1) is 6.21 Å². The fraction of sp³-hybridized carbons (Fsp3) is 0.105. The number of hydrazone groups is 1. The maximum Gasteiger partial charge on any atom is 0.271 e. The van der Waals surface area contributed by atoms with Crippen molar-refractivity contribution < 1.29 is 4.79 Å². The van der Waals surface area contributed by atoms with Gasteiger partial charge in [-0.05, 0) is 67.9 Å². The number of pyridine rings is 1. The number of nitrogens with zero attached hydrogens (tertiary/aromatic N) is 3. The fourth-order valence-electron chi connectivity index (χ4n) is 2.52. The van der Waals surface area contributed by atoms with Gasteiger partial charge in [0.2, 0.25) is 0 Å². The van der Waals surface area contributed by atoms with Crippen molar-refractivity contribution in [3.05, 3.63) is 83.4 Å². The summed E-state index contributed by atoms with van der Waals surface area (Å²) in [6.07, 6.45) is 4.93. The van der Waals surface area contributed by atoms with Crippen LogP contribution in [-0.2, 0) is 0 Å². The van der Waals surface area contributed by atoms with Crippen LogP contribution < -0.4 is 5.43 Å². The molecule has 0 radical (unpaired) electrons. The molecule has 0 saturated carbocycles. The van der Waals surface area contributed by atoms with Gasteiger partial charge in [0.15, 0.2) is 0 Å². The molecule has 0 saturated heterocycles. The molecule has 2 aromatic heterocycles. The smallest absolute Gasteiger partial charge is 0.271 e. The largest absolute Gasteiger partial charge is 0.319 e. The van der Waals surface area contributed by atoms with Crippen molar-refractivity contribution in [1.29, 1.82) is 0 Å². The van der Waals surface area contributed by atoms with Crippen molar-refractivity contribution in [2.24, 2.45) is 5.10 Å². The quantitative estimate of drug-likeness (QED) is 0.593. The summed E-state index contributed by atoms with van der Waals surface area (Å²) in [5.74, 6) is -0.243. The van der Waals surface area contributed by atoms with Gasteiger partial charge in [0.1, 0.15) is 0 Å². The maximum absolute atomic E-state index is 12.1. The van der Waals surface area contributed by atoms with Gasteiger partial charge in [-0.15, -0.1) is 0 Å². The number of hydrogen-bond acceptors (Lipinski definition) is 3. The second-order valence-corrected chi connectivity index (χ2v) is 5.48. The van der Waals surface area contributed by atoms with E-state index in [4.69, 9.17) is 0 Å². The van der Waals surface area contributed by atoms with E-state index in [0.717, 1.165) is 22.6 Å². The van der Waals surface area contributed by atoms with Gasteiger partial charge in [-0.25, -0.2) is 5.43 Å². The number of hydrogen-bond donors (Lipinski definition) is 1. The Morgan fingerprint density at radius 1 is 1.00 bits per heavy atom. The molecular formula is C19H18N4O. The Morgan fingerprint density at radius 3 is 2.25 bits per heavy atom. The van der Waals surface area contributed by atoms with E-state index < -0.39 is 0 Å². The van der Waals surface area contributed by atoms with Crippen LogP contribution in [0.25, 0.3) is 5.69 Å². The minimum Gasteiger partial charge on any atom is -0.319 e. The van der Waals surface area contributed by atoms with E-state index in [1.54, 1.807) is 30.7 Å². The third-order valence-electron chi connectivity index (χ3n) is 3.74. The second kappa shape index (κ2) is 6.91. The van der Waals surface area contributed by atoms with Crippen LogP contribution >= 0.6 is 0 Å². The third kappa shape index (κ3) is 3.41. The van der Waals surface area contributed by atoms with Gasteiger partial charge in [0.25, 0.3) is 5.91 Å². The summed E-state index contributed by atoms with van der Waals surface area (Å²) >= 11 is 0. The average molecular weight is 318 g/mol. The van der Waals surface area contributed by atoms with Crippen LogP contribution in [0, 0.1) is 13.8 Å². The summed E-state index contributed by atoms with van der Waals surface area (Å²) in [6, 6.07) is 15.2. The Hall–Kier alpha value is -3.21. The van der Waals surface area contributed by atoms with E-state index in [-0.39, 0.29) is 5.91 Å². The summed E-state index contributed by atoms with van der Waals surface area (Å²) in [4.78, 5) is 16.0. The molecule has 24 heavy (non-hydrogen) atoms. The summed E-state index contributed by atoms with van der Waals surface area (Å²) in [6.45, 7) is 4.11. The van der Waals surface area contributed by atoms with E-state index in [2.05, 4.69) is 46.1 Å². The maximum atomic E-state index is 12.1. The van der Waals surface area contributed by atoms with Crippen molar-refractivity contribution in [3.8, 4) is 5.69 Å². The molecule has 1 amide bonds. The minimum absolute atomic E-state index is 0.243. The van der Waals surface area contributed by atoms with Gasteiger partial charge in [-0.3, -0.25) is 9.78 Å². The van der Waals surface area contributed by atoms with E-state index in [1.165, 1.54) is 0 Å². The monoisotopic (exact) mass is 318 g/mol. The first kappa shape index (κ1) is 15.7. The lowest BCUT2D eigenvalue weighted by Gasteiger charge is -2.10. The highest BCUT2D eigenvalue weighted by Crippen LogP contribution is 2.16. The van der Waals surface area contributed by atoms with Gasteiger partial charge >= 0.3 is 0 Å². The number of nitrogens with one attached hydrogen (secondary N) is 1. The molecule has 0 spiro atoms. The van der Waals surface area contributed by atoms with Gasteiger partial charge in [0, 0.05) is 35.0 Å². The summed E-state index contributed by atoms with van der Waals surface area (Å²) in [5.41, 5.74) is 7.32. The molecular weight excluding hydrogens is 300 g/mol. The van der Waals surface area contributed by atoms with Crippen molar-refractivity contribution in [3.63, 3.8) is 0 Å². The van der Waals surface area contributed by atoms with Crippen molar-refractivity contribution in [1.82, 2.24) is 15.0 Å². The van der Waals surface area contributed by atoms with Crippen LogP contribution in [0.15, 0.2) is 66.0 Å². The minimum atomic E-state index is -0.243. The van der Waals surface area contributed by atoms with Crippen molar-refractivity contribution >= 4 is 12.1 Å².